The van der Waals surface area contributed by atoms with Crippen LogP contribution in [0.3, 0.4) is 0 Å². The lowest BCUT2D eigenvalue weighted by atomic mass is 9.96. The van der Waals surface area contributed by atoms with Crippen LogP contribution in [0.5, 0.6) is 0 Å². The Bertz CT molecular complexity index is 621. The number of ether oxygens (including phenoxy) is 1. The summed E-state index contributed by atoms with van der Waals surface area (Å²) < 4.78 is 4.80. The van der Waals surface area contributed by atoms with Gasteiger partial charge in [0.25, 0.3) is 0 Å². The smallest absolute Gasteiger partial charge is 0.308 e. The highest BCUT2D eigenvalue weighted by atomic mass is 16.5. The first-order valence-corrected chi connectivity index (χ1v) is 8.78. The molecule has 5 nitrogen and oxygen atoms in total. The Balaban J connectivity index is 1.60. The molecule has 5 heteroatoms. The van der Waals surface area contributed by atoms with E-state index in [9.17, 15) is 9.59 Å². The molecule has 0 unspecified atom stereocenters. The van der Waals surface area contributed by atoms with Crippen molar-refractivity contribution in [1.29, 1.82) is 0 Å². The molecule has 0 aromatic heterocycles. The van der Waals surface area contributed by atoms with Crippen LogP contribution in [0.2, 0.25) is 0 Å². The van der Waals surface area contributed by atoms with Crippen LogP contribution in [0.4, 0.5) is 5.69 Å². The van der Waals surface area contributed by atoms with Crippen molar-refractivity contribution in [3.8, 4) is 0 Å². The first-order valence-electron chi connectivity index (χ1n) is 8.78. The van der Waals surface area contributed by atoms with E-state index in [2.05, 4.69) is 30.0 Å². The molecule has 1 aromatic carbocycles. The van der Waals surface area contributed by atoms with Crippen molar-refractivity contribution in [3.63, 3.8) is 0 Å². The Morgan fingerprint density at radius 1 is 1.21 bits per heavy atom. The molecule has 130 valence electrons. The first kappa shape index (κ1) is 16.8. The van der Waals surface area contributed by atoms with Gasteiger partial charge in [-0.25, -0.2) is 0 Å². The topological polar surface area (TPSA) is 49.9 Å². The van der Waals surface area contributed by atoms with E-state index in [1.165, 1.54) is 23.9 Å². The van der Waals surface area contributed by atoms with Crippen molar-refractivity contribution < 1.29 is 14.3 Å². The van der Waals surface area contributed by atoms with Gasteiger partial charge < -0.3 is 14.5 Å². The highest BCUT2D eigenvalue weighted by Gasteiger charge is 2.29. The van der Waals surface area contributed by atoms with Gasteiger partial charge in [0.1, 0.15) is 0 Å². The van der Waals surface area contributed by atoms with E-state index in [1.54, 1.807) is 0 Å². The van der Waals surface area contributed by atoms with Gasteiger partial charge in [-0.05, 0) is 44.2 Å². The van der Waals surface area contributed by atoms with Crippen LogP contribution >= 0.6 is 0 Å². The maximum Gasteiger partial charge on any atom is 0.308 e. The van der Waals surface area contributed by atoms with Crippen LogP contribution < -0.4 is 4.90 Å². The lowest BCUT2D eigenvalue weighted by molar-refractivity contribution is -0.148. The van der Waals surface area contributed by atoms with E-state index in [4.69, 9.17) is 4.74 Å². The van der Waals surface area contributed by atoms with E-state index >= 15 is 0 Å². The largest absolute Gasteiger partial charge is 0.469 e. The maximum absolute atomic E-state index is 12.7. The molecule has 2 heterocycles. The quantitative estimate of drug-likeness (QED) is 0.797. The minimum atomic E-state index is -0.151. The third kappa shape index (κ3) is 3.55. The van der Waals surface area contributed by atoms with Crippen molar-refractivity contribution in [3.05, 3.63) is 29.3 Å². The SMILES string of the molecule is COC(=O)C1CCN(C(=O)CN2CCCc3cc(C)ccc32)CC1. The number of aryl methyl sites for hydroxylation is 2. The van der Waals surface area contributed by atoms with Crippen molar-refractivity contribution in [2.45, 2.75) is 32.6 Å². The van der Waals surface area contributed by atoms with Crippen LogP contribution in [-0.4, -0.2) is 50.1 Å². The van der Waals surface area contributed by atoms with Gasteiger partial charge in [-0.15, -0.1) is 0 Å². The fourth-order valence-electron chi connectivity index (χ4n) is 3.76. The molecule has 0 N–H and O–H groups in total. The second-order valence-corrected chi connectivity index (χ2v) is 6.84. The number of rotatable bonds is 3. The highest BCUT2D eigenvalue weighted by molar-refractivity contribution is 5.82. The molecule has 2 aliphatic heterocycles. The number of hydrogen-bond donors (Lipinski definition) is 0. The van der Waals surface area contributed by atoms with E-state index in [0.29, 0.717) is 32.5 Å². The number of anilines is 1. The van der Waals surface area contributed by atoms with Gasteiger partial charge >= 0.3 is 5.97 Å². The van der Waals surface area contributed by atoms with E-state index < -0.39 is 0 Å². The van der Waals surface area contributed by atoms with Crippen molar-refractivity contribution >= 4 is 17.6 Å². The summed E-state index contributed by atoms with van der Waals surface area (Å²) in [7, 11) is 1.43. The third-order valence-electron chi connectivity index (χ3n) is 5.16. The highest BCUT2D eigenvalue weighted by Crippen LogP contribution is 2.28. The average Bonchev–Trinajstić information content (AvgIpc) is 2.61. The van der Waals surface area contributed by atoms with Crippen molar-refractivity contribution in [2.24, 2.45) is 5.92 Å². The summed E-state index contributed by atoms with van der Waals surface area (Å²) in [4.78, 5) is 28.3. The molecule has 0 saturated carbocycles. The molecule has 0 atom stereocenters. The fraction of sp³-hybridized carbons (Fsp3) is 0.579. The molecule has 1 aromatic rings. The fourth-order valence-corrected chi connectivity index (χ4v) is 3.76. The Labute approximate surface area is 143 Å². The van der Waals surface area contributed by atoms with Crippen LogP contribution in [0, 0.1) is 12.8 Å². The predicted octanol–water partition coefficient (Wildman–Crippen LogP) is 2.16. The van der Waals surface area contributed by atoms with Gasteiger partial charge in [0.2, 0.25) is 5.91 Å². The number of amides is 1. The second-order valence-electron chi connectivity index (χ2n) is 6.84. The van der Waals surface area contributed by atoms with Crippen LogP contribution in [0.1, 0.15) is 30.4 Å². The summed E-state index contributed by atoms with van der Waals surface area (Å²) >= 11 is 0. The Morgan fingerprint density at radius 2 is 1.96 bits per heavy atom. The van der Waals surface area contributed by atoms with Gasteiger partial charge in [-0.3, -0.25) is 9.59 Å². The molecular formula is C19H26N2O3. The summed E-state index contributed by atoms with van der Waals surface area (Å²) in [5, 5.41) is 0. The van der Waals surface area contributed by atoms with E-state index in [-0.39, 0.29) is 17.8 Å². The molecule has 1 amide bonds. The van der Waals surface area contributed by atoms with Gasteiger partial charge in [0.05, 0.1) is 19.6 Å². The molecule has 24 heavy (non-hydrogen) atoms. The number of hydrogen-bond acceptors (Lipinski definition) is 4. The number of piperidine rings is 1. The molecule has 2 aliphatic rings. The van der Waals surface area contributed by atoms with Crippen molar-refractivity contribution in [1.82, 2.24) is 4.90 Å². The van der Waals surface area contributed by atoms with E-state index in [0.717, 1.165) is 19.4 Å². The lowest BCUT2D eigenvalue weighted by Gasteiger charge is -2.35. The van der Waals surface area contributed by atoms with Gasteiger partial charge in [0.15, 0.2) is 0 Å². The molecule has 3 rings (SSSR count). The zero-order valence-electron chi connectivity index (χ0n) is 14.6. The number of esters is 1. The molecule has 0 spiro atoms. The Hall–Kier alpha value is -2.04. The molecule has 0 radical (unpaired) electrons. The standard InChI is InChI=1S/C19H26N2O3/c1-14-5-6-17-16(12-14)4-3-9-21(17)13-18(22)20-10-7-15(8-11-20)19(23)24-2/h5-6,12,15H,3-4,7-11,13H2,1-2H3. The summed E-state index contributed by atoms with van der Waals surface area (Å²) in [6, 6.07) is 6.48. The zero-order valence-corrected chi connectivity index (χ0v) is 14.6. The minimum Gasteiger partial charge on any atom is -0.469 e. The summed E-state index contributed by atoms with van der Waals surface area (Å²) in [5.74, 6) is -0.0492. The average molecular weight is 330 g/mol. The second kappa shape index (κ2) is 7.24. The Morgan fingerprint density at radius 3 is 2.67 bits per heavy atom. The number of likely N-dealkylation sites (tertiary alicyclic amines) is 1. The van der Waals surface area contributed by atoms with E-state index in [1.807, 2.05) is 4.90 Å². The predicted molar refractivity (Wildman–Crippen MR) is 93.0 cm³/mol. The maximum atomic E-state index is 12.7. The van der Waals surface area contributed by atoms with Gasteiger partial charge in [0, 0.05) is 25.3 Å². The number of carbonyl (C=O) groups excluding carboxylic acids is 2. The number of nitrogens with zero attached hydrogens (tertiary/aromatic N) is 2. The summed E-state index contributed by atoms with van der Waals surface area (Å²) in [6.07, 6.45) is 3.59. The zero-order chi connectivity index (χ0) is 17.1. The molecule has 0 aliphatic carbocycles. The minimum absolute atomic E-state index is 0.0577. The lowest BCUT2D eigenvalue weighted by Crippen LogP contribution is -2.46. The molecular weight excluding hydrogens is 304 g/mol. The van der Waals surface area contributed by atoms with Gasteiger partial charge in [-0.2, -0.15) is 0 Å². The third-order valence-corrected chi connectivity index (χ3v) is 5.16. The van der Waals surface area contributed by atoms with Gasteiger partial charge in [-0.1, -0.05) is 17.7 Å². The van der Waals surface area contributed by atoms with Crippen molar-refractivity contribution in [2.75, 3.05) is 38.2 Å². The van der Waals surface area contributed by atoms with Crippen LogP contribution in [0.25, 0.3) is 0 Å². The van der Waals surface area contributed by atoms with Crippen LogP contribution in [-0.2, 0) is 20.7 Å². The number of methoxy groups -OCH3 is 1. The number of carbonyl (C=O) groups is 2. The summed E-state index contributed by atoms with van der Waals surface area (Å²) in [5.41, 5.74) is 3.81. The van der Waals surface area contributed by atoms with Crippen LogP contribution in [0.15, 0.2) is 18.2 Å². The summed E-state index contributed by atoms with van der Waals surface area (Å²) in [6.45, 7) is 4.76. The molecule has 0 bridgehead atoms. The Kier molecular flexibility index (Phi) is 5.07. The monoisotopic (exact) mass is 330 g/mol. The normalized spacial score (nSPS) is 18.2. The molecule has 1 saturated heterocycles. The molecule has 1 fully saturated rings. The number of benzene rings is 1. The number of fused-ring (bicyclic) bond motifs is 1. The first-order chi connectivity index (χ1) is 11.6.